The Morgan fingerprint density at radius 2 is 2.31 bits per heavy atom. The second-order valence-corrected chi connectivity index (χ2v) is 5.47. The van der Waals surface area contributed by atoms with Crippen molar-refractivity contribution in [3.05, 3.63) is 24.5 Å². The predicted molar refractivity (Wildman–Crippen MR) is 69.3 cm³/mol. The van der Waals surface area contributed by atoms with Crippen LogP contribution in [0, 0.1) is 0 Å². The van der Waals surface area contributed by atoms with E-state index in [4.69, 9.17) is 0 Å². The van der Waals surface area contributed by atoms with Gasteiger partial charge in [-0.3, -0.25) is 0 Å². The Balaban J connectivity index is 2.12. The third kappa shape index (κ3) is 2.52. The second-order valence-electron chi connectivity index (χ2n) is 3.91. The highest BCUT2D eigenvalue weighted by molar-refractivity contribution is 9.09. The van der Waals surface area contributed by atoms with Gasteiger partial charge in [-0.1, -0.05) is 22.9 Å². The Morgan fingerprint density at radius 1 is 1.50 bits per heavy atom. The van der Waals surface area contributed by atoms with Gasteiger partial charge in [0.25, 0.3) is 0 Å². The Kier molecular flexibility index (Phi) is 3.43. The van der Waals surface area contributed by atoms with Crippen LogP contribution in [0.25, 0.3) is 5.65 Å². The van der Waals surface area contributed by atoms with E-state index in [1.165, 1.54) is 0 Å². The Bertz CT molecular complexity index is 466. The van der Waals surface area contributed by atoms with E-state index in [2.05, 4.69) is 44.9 Å². The molecular weight excluding hydrogens is 268 g/mol. The number of nitrogens with zero attached hydrogens (tertiary/aromatic N) is 4. The lowest BCUT2D eigenvalue weighted by atomic mass is 10.3. The van der Waals surface area contributed by atoms with E-state index in [1.807, 2.05) is 18.3 Å². The van der Waals surface area contributed by atoms with Crippen molar-refractivity contribution in [1.29, 1.82) is 0 Å². The third-order valence-electron chi connectivity index (χ3n) is 2.50. The van der Waals surface area contributed by atoms with Crippen molar-refractivity contribution in [3.63, 3.8) is 0 Å². The third-order valence-corrected chi connectivity index (χ3v) is 2.95. The summed E-state index contributed by atoms with van der Waals surface area (Å²) < 4.78 is 1.77. The van der Waals surface area contributed by atoms with Crippen molar-refractivity contribution in [2.45, 2.75) is 18.2 Å². The molecule has 2 aromatic heterocycles. The number of anilines is 1. The minimum atomic E-state index is 0.536. The van der Waals surface area contributed by atoms with Crippen LogP contribution in [0.5, 0.6) is 0 Å². The summed E-state index contributed by atoms with van der Waals surface area (Å²) in [6, 6.07) is 3.89. The van der Waals surface area contributed by atoms with Gasteiger partial charge in [0, 0.05) is 30.7 Å². The van der Waals surface area contributed by atoms with E-state index in [0.717, 1.165) is 24.4 Å². The van der Waals surface area contributed by atoms with Crippen LogP contribution in [-0.2, 0) is 0 Å². The first-order chi connectivity index (χ1) is 7.66. The average Bonchev–Trinajstić information content (AvgIpc) is 2.72. The maximum Gasteiger partial charge on any atom is 0.157 e. The van der Waals surface area contributed by atoms with Crippen LogP contribution in [0.1, 0.15) is 13.3 Å². The maximum absolute atomic E-state index is 4.52. The van der Waals surface area contributed by atoms with Crippen molar-refractivity contribution in [1.82, 2.24) is 14.6 Å². The molecule has 2 aromatic rings. The zero-order valence-electron chi connectivity index (χ0n) is 9.47. The highest BCUT2D eigenvalue weighted by Crippen LogP contribution is 2.12. The van der Waals surface area contributed by atoms with E-state index in [1.54, 1.807) is 10.7 Å². The van der Waals surface area contributed by atoms with E-state index in [9.17, 15) is 0 Å². The summed E-state index contributed by atoms with van der Waals surface area (Å²) in [6.07, 6.45) is 4.79. The summed E-state index contributed by atoms with van der Waals surface area (Å²) in [7, 11) is 2.06. The molecular formula is C11H15BrN4. The summed E-state index contributed by atoms with van der Waals surface area (Å²) in [5.41, 5.74) is 0.885. The first kappa shape index (κ1) is 11.4. The molecule has 0 aliphatic heterocycles. The second kappa shape index (κ2) is 4.82. The van der Waals surface area contributed by atoms with Crippen molar-refractivity contribution in [2.24, 2.45) is 0 Å². The maximum atomic E-state index is 4.52. The quantitative estimate of drug-likeness (QED) is 0.808. The fraction of sp³-hybridized carbons (Fsp3) is 0.455. The van der Waals surface area contributed by atoms with Gasteiger partial charge in [0.15, 0.2) is 5.65 Å². The van der Waals surface area contributed by atoms with Gasteiger partial charge in [0.05, 0.1) is 6.20 Å². The number of hydrogen-bond acceptors (Lipinski definition) is 3. The molecule has 0 aromatic carbocycles. The van der Waals surface area contributed by atoms with Gasteiger partial charge in [0.1, 0.15) is 5.82 Å². The molecule has 86 valence electrons. The molecule has 1 unspecified atom stereocenters. The molecule has 0 spiro atoms. The van der Waals surface area contributed by atoms with Gasteiger partial charge in [-0.2, -0.15) is 5.10 Å². The molecule has 0 amide bonds. The molecule has 16 heavy (non-hydrogen) atoms. The summed E-state index contributed by atoms with van der Waals surface area (Å²) >= 11 is 3.55. The number of halogens is 1. The summed E-state index contributed by atoms with van der Waals surface area (Å²) in [5, 5.41) is 4.12. The summed E-state index contributed by atoms with van der Waals surface area (Å²) in [5.74, 6) is 0.987. The Morgan fingerprint density at radius 3 is 3.06 bits per heavy atom. The van der Waals surface area contributed by atoms with Crippen molar-refractivity contribution < 1.29 is 0 Å². The van der Waals surface area contributed by atoms with Crippen LogP contribution >= 0.6 is 15.9 Å². The topological polar surface area (TPSA) is 33.4 Å². The molecule has 4 nitrogen and oxygen atoms in total. The SMILES string of the molecule is CC(Br)CCN(C)c1ccn2nccc2n1. The van der Waals surface area contributed by atoms with Crippen LogP contribution < -0.4 is 4.90 Å². The molecule has 5 heteroatoms. The minimum Gasteiger partial charge on any atom is -0.360 e. The smallest absolute Gasteiger partial charge is 0.157 e. The standard InChI is InChI=1S/C11H15BrN4/c1-9(12)4-7-15(2)10-5-8-16-11(14-10)3-6-13-16/h3,5-6,8-9H,4,7H2,1-2H3. The molecule has 0 fully saturated rings. The first-order valence-corrected chi connectivity index (χ1v) is 6.24. The number of alkyl halides is 1. The molecule has 0 aliphatic carbocycles. The highest BCUT2D eigenvalue weighted by Gasteiger charge is 2.05. The Hall–Kier alpha value is -1.10. The molecule has 1 atom stereocenters. The molecule has 0 saturated heterocycles. The van der Waals surface area contributed by atoms with Gasteiger partial charge >= 0.3 is 0 Å². The monoisotopic (exact) mass is 282 g/mol. The van der Waals surface area contributed by atoms with E-state index in [-0.39, 0.29) is 0 Å². The lowest BCUT2D eigenvalue weighted by molar-refractivity contribution is 0.776. The van der Waals surface area contributed by atoms with Gasteiger partial charge in [-0.05, 0) is 12.5 Å². The fourth-order valence-corrected chi connectivity index (χ4v) is 1.71. The molecule has 0 saturated carbocycles. The number of fused-ring (bicyclic) bond motifs is 1. The Labute approximate surface area is 103 Å². The van der Waals surface area contributed by atoms with Crippen molar-refractivity contribution >= 4 is 27.4 Å². The average molecular weight is 283 g/mol. The number of aromatic nitrogens is 3. The highest BCUT2D eigenvalue weighted by atomic mass is 79.9. The zero-order chi connectivity index (χ0) is 11.5. The largest absolute Gasteiger partial charge is 0.360 e. The number of hydrogen-bond donors (Lipinski definition) is 0. The van der Waals surface area contributed by atoms with Crippen molar-refractivity contribution in [3.8, 4) is 0 Å². The van der Waals surface area contributed by atoms with Crippen LogP contribution in [0.15, 0.2) is 24.5 Å². The lowest BCUT2D eigenvalue weighted by Gasteiger charge is -2.18. The van der Waals surface area contributed by atoms with Gasteiger partial charge in [-0.15, -0.1) is 0 Å². The normalized spacial score (nSPS) is 12.9. The van der Waals surface area contributed by atoms with E-state index in [0.29, 0.717) is 4.83 Å². The number of rotatable bonds is 4. The summed E-state index contributed by atoms with van der Waals surface area (Å²) in [6.45, 7) is 3.14. The van der Waals surface area contributed by atoms with Crippen LogP contribution in [0.2, 0.25) is 0 Å². The molecule has 0 radical (unpaired) electrons. The zero-order valence-corrected chi connectivity index (χ0v) is 11.1. The van der Waals surface area contributed by atoms with E-state index < -0.39 is 0 Å². The lowest BCUT2D eigenvalue weighted by Crippen LogP contribution is -2.21. The summed E-state index contributed by atoms with van der Waals surface area (Å²) in [4.78, 5) is 7.22. The van der Waals surface area contributed by atoms with E-state index >= 15 is 0 Å². The predicted octanol–water partition coefficient (Wildman–Crippen LogP) is 2.34. The molecule has 2 rings (SSSR count). The molecule has 2 heterocycles. The van der Waals surface area contributed by atoms with Crippen molar-refractivity contribution in [2.75, 3.05) is 18.5 Å². The molecule has 0 bridgehead atoms. The van der Waals surface area contributed by atoms with Gasteiger partial charge < -0.3 is 4.90 Å². The first-order valence-electron chi connectivity index (χ1n) is 5.32. The minimum absolute atomic E-state index is 0.536. The molecule has 0 N–H and O–H groups in total. The van der Waals surface area contributed by atoms with Gasteiger partial charge in [0.2, 0.25) is 0 Å². The molecule has 0 aliphatic rings. The fourth-order valence-electron chi connectivity index (χ4n) is 1.50. The van der Waals surface area contributed by atoms with Crippen LogP contribution in [0.3, 0.4) is 0 Å². The van der Waals surface area contributed by atoms with Gasteiger partial charge in [-0.25, -0.2) is 9.50 Å². The van der Waals surface area contributed by atoms with Crippen LogP contribution in [0.4, 0.5) is 5.82 Å². The van der Waals surface area contributed by atoms with Crippen LogP contribution in [-0.4, -0.2) is 33.0 Å².